The van der Waals surface area contributed by atoms with Crippen LogP contribution in [0.5, 0.6) is 0 Å². The first-order valence-corrected chi connectivity index (χ1v) is 6.42. The first kappa shape index (κ1) is 14.5. The quantitative estimate of drug-likeness (QED) is 0.648. The van der Waals surface area contributed by atoms with Crippen LogP contribution in [0.3, 0.4) is 0 Å². The SMILES string of the molecule is CCCNC(=O)c1ccc(NCCCO)cc1C. The van der Waals surface area contributed by atoms with E-state index in [1.165, 1.54) is 0 Å². The maximum absolute atomic E-state index is 11.8. The van der Waals surface area contributed by atoms with E-state index < -0.39 is 0 Å². The van der Waals surface area contributed by atoms with E-state index in [0.29, 0.717) is 6.54 Å². The maximum Gasteiger partial charge on any atom is 0.251 e. The minimum atomic E-state index is -0.0174. The van der Waals surface area contributed by atoms with E-state index in [-0.39, 0.29) is 12.5 Å². The monoisotopic (exact) mass is 250 g/mol. The second-order valence-corrected chi connectivity index (χ2v) is 4.29. The Morgan fingerprint density at radius 3 is 2.72 bits per heavy atom. The minimum Gasteiger partial charge on any atom is -0.396 e. The van der Waals surface area contributed by atoms with E-state index in [2.05, 4.69) is 10.6 Å². The number of anilines is 1. The van der Waals surface area contributed by atoms with Crippen molar-refractivity contribution in [2.45, 2.75) is 26.7 Å². The van der Waals surface area contributed by atoms with Crippen LogP contribution in [0.15, 0.2) is 18.2 Å². The summed E-state index contributed by atoms with van der Waals surface area (Å²) in [7, 11) is 0. The molecule has 0 aromatic heterocycles. The van der Waals surface area contributed by atoms with Crippen LogP contribution in [0.1, 0.15) is 35.7 Å². The van der Waals surface area contributed by atoms with Crippen molar-refractivity contribution >= 4 is 11.6 Å². The Morgan fingerprint density at radius 1 is 1.33 bits per heavy atom. The summed E-state index contributed by atoms with van der Waals surface area (Å²) in [6, 6.07) is 5.69. The van der Waals surface area contributed by atoms with Gasteiger partial charge in [-0.25, -0.2) is 0 Å². The number of benzene rings is 1. The number of aliphatic hydroxyl groups is 1. The fourth-order valence-electron chi connectivity index (χ4n) is 1.67. The number of nitrogens with one attached hydrogen (secondary N) is 2. The third kappa shape index (κ3) is 4.37. The van der Waals surface area contributed by atoms with Gasteiger partial charge in [-0.3, -0.25) is 4.79 Å². The summed E-state index contributed by atoms with van der Waals surface area (Å²) >= 11 is 0. The molecule has 4 nitrogen and oxygen atoms in total. The highest BCUT2D eigenvalue weighted by molar-refractivity contribution is 5.96. The number of carbonyl (C=O) groups excluding carboxylic acids is 1. The predicted octanol–water partition coefficient (Wildman–Crippen LogP) is 1.93. The Hall–Kier alpha value is -1.55. The summed E-state index contributed by atoms with van der Waals surface area (Å²) in [5.41, 5.74) is 2.65. The van der Waals surface area contributed by atoms with Crippen molar-refractivity contribution in [2.75, 3.05) is 25.0 Å². The van der Waals surface area contributed by atoms with Gasteiger partial charge in [0, 0.05) is 30.9 Å². The molecule has 0 unspecified atom stereocenters. The van der Waals surface area contributed by atoms with Crippen molar-refractivity contribution in [3.63, 3.8) is 0 Å². The second kappa shape index (κ2) is 7.71. The van der Waals surface area contributed by atoms with Gasteiger partial charge in [-0.15, -0.1) is 0 Å². The minimum absolute atomic E-state index is 0.0174. The lowest BCUT2D eigenvalue weighted by molar-refractivity contribution is 0.0953. The fourth-order valence-corrected chi connectivity index (χ4v) is 1.67. The highest BCUT2D eigenvalue weighted by atomic mass is 16.3. The van der Waals surface area contributed by atoms with Gasteiger partial charge in [0.1, 0.15) is 0 Å². The van der Waals surface area contributed by atoms with Gasteiger partial charge in [0.25, 0.3) is 5.91 Å². The lowest BCUT2D eigenvalue weighted by Crippen LogP contribution is -2.24. The average molecular weight is 250 g/mol. The topological polar surface area (TPSA) is 61.4 Å². The van der Waals surface area contributed by atoms with Crippen molar-refractivity contribution in [3.8, 4) is 0 Å². The van der Waals surface area contributed by atoms with Gasteiger partial charge in [-0.2, -0.15) is 0 Å². The molecule has 3 N–H and O–H groups in total. The zero-order valence-corrected chi connectivity index (χ0v) is 11.1. The van der Waals surface area contributed by atoms with Crippen molar-refractivity contribution in [1.82, 2.24) is 5.32 Å². The summed E-state index contributed by atoms with van der Waals surface area (Å²) in [6.07, 6.45) is 1.66. The number of amides is 1. The van der Waals surface area contributed by atoms with Crippen LogP contribution in [-0.2, 0) is 0 Å². The summed E-state index contributed by atoms with van der Waals surface area (Å²) in [4.78, 5) is 11.8. The van der Waals surface area contributed by atoms with Crippen molar-refractivity contribution < 1.29 is 9.90 Å². The molecule has 0 fully saturated rings. The van der Waals surface area contributed by atoms with E-state index in [0.717, 1.165) is 36.2 Å². The number of hydrogen-bond donors (Lipinski definition) is 3. The number of carbonyl (C=O) groups is 1. The lowest BCUT2D eigenvalue weighted by Gasteiger charge is -2.10. The van der Waals surface area contributed by atoms with Gasteiger partial charge in [0.05, 0.1) is 0 Å². The van der Waals surface area contributed by atoms with Gasteiger partial charge >= 0.3 is 0 Å². The molecule has 0 radical (unpaired) electrons. The zero-order chi connectivity index (χ0) is 13.4. The largest absolute Gasteiger partial charge is 0.396 e. The highest BCUT2D eigenvalue weighted by Crippen LogP contribution is 2.15. The van der Waals surface area contributed by atoms with Crippen LogP contribution in [0.2, 0.25) is 0 Å². The molecule has 1 rings (SSSR count). The molecule has 0 spiro atoms. The van der Waals surface area contributed by atoms with Crippen molar-refractivity contribution in [1.29, 1.82) is 0 Å². The van der Waals surface area contributed by atoms with Gasteiger partial charge in [0.15, 0.2) is 0 Å². The van der Waals surface area contributed by atoms with Gasteiger partial charge < -0.3 is 15.7 Å². The van der Waals surface area contributed by atoms with Crippen LogP contribution in [0.4, 0.5) is 5.69 Å². The maximum atomic E-state index is 11.8. The first-order valence-electron chi connectivity index (χ1n) is 6.42. The van der Waals surface area contributed by atoms with E-state index in [4.69, 9.17) is 5.11 Å². The molecule has 1 amide bonds. The molecular formula is C14H22N2O2. The smallest absolute Gasteiger partial charge is 0.251 e. The van der Waals surface area contributed by atoms with E-state index in [1.54, 1.807) is 0 Å². The van der Waals surface area contributed by atoms with E-state index in [9.17, 15) is 4.79 Å². The normalized spacial score (nSPS) is 10.2. The summed E-state index contributed by atoms with van der Waals surface area (Å²) in [5, 5.41) is 14.8. The zero-order valence-electron chi connectivity index (χ0n) is 11.1. The molecule has 0 bridgehead atoms. The summed E-state index contributed by atoms with van der Waals surface area (Å²) < 4.78 is 0. The van der Waals surface area contributed by atoms with Crippen LogP contribution >= 0.6 is 0 Å². The number of aliphatic hydroxyl groups excluding tert-OH is 1. The standard InChI is InChI=1S/C14H22N2O2/c1-3-7-16-14(18)13-6-5-12(10-11(13)2)15-8-4-9-17/h5-6,10,15,17H,3-4,7-9H2,1-2H3,(H,16,18). The Labute approximate surface area is 108 Å². The summed E-state index contributed by atoms with van der Waals surface area (Å²) in [5.74, 6) is -0.0174. The van der Waals surface area contributed by atoms with Crippen LogP contribution < -0.4 is 10.6 Å². The molecule has 0 aliphatic heterocycles. The molecule has 18 heavy (non-hydrogen) atoms. The first-order chi connectivity index (χ1) is 8.69. The summed E-state index contributed by atoms with van der Waals surface area (Å²) in [6.45, 7) is 5.58. The highest BCUT2D eigenvalue weighted by Gasteiger charge is 2.08. The third-order valence-corrected chi connectivity index (χ3v) is 2.67. The Bertz CT molecular complexity index is 391. The van der Waals surface area contributed by atoms with Crippen LogP contribution in [-0.4, -0.2) is 30.7 Å². The van der Waals surface area contributed by atoms with Crippen LogP contribution in [0, 0.1) is 6.92 Å². The van der Waals surface area contributed by atoms with Crippen molar-refractivity contribution in [2.24, 2.45) is 0 Å². The Morgan fingerprint density at radius 2 is 2.11 bits per heavy atom. The van der Waals surface area contributed by atoms with Gasteiger partial charge in [0.2, 0.25) is 0 Å². The molecule has 1 aromatic rings. The number of aryl methyl sites for hydroxylation is 1. The number of hydrogen-bond acceptors (Lipinski definition) is 3. The molecule has 0 saturated carbocycles. The van der Waals surface area contributed by atoms with Gasteiger partial charge in [-0.1, -0.05) is 6.92 Å². The molecule has 0 aliphatic rings. The average Bonchev–Trinajstić information content (AvgIpc) is 2.36. The molecular weight excluding hydrogens is 228 g/mol. The molecule has 100 valence electrons. The fraction of sp³-hybridized carbons (Fsp3) is 0.500. The molecule has 1 aromatic carbocycles. The third-order valence-electron chi connectivity index (χ3n) is 2.67. The van der Waals surface area contributed by atoms with Crippen molar-refractivity contribution in [3.05, 3.63) is 29.3 Å². The molecule has 0 atom stereocenters. The van der Waals surface area contributed by atoms with Crippen LogP contribution in [0.25, 0.3) is 0 Å². The molecule has 0 saturated heterocycles. The van der Waals surface area contributed by atoms with E-state index in [1.807, 2.05) is 32.0 Å². The van der Waals surface area contributed by atoms with E-state index >= 15 is 0 Å². The predicted molar refractivity (Wildman–Crippen MR) is 74.0 cm³/mol. The van der Waals surface area contributed by atoms with Gasteiger partial charge in [-0.05, 0) is 43.5 Å². The molecule has 0 heterocycles. The molecule has 4 heteroatoms. The Balaban J connectivity index is 2.64. The second-order valence-electron chi connectivity index (χ2n) is 4.29. The lowest BCUT2D eigenvalue weighted by atomic mass is 10.1. The number of rotatable bonds is 7. The molecule has 0 aliphatic carbocycles. The Kier molecular flexibility index (Phi) is 6.22.